The molecule has 1 amide bonds. The third-order valence-corrected chi connectivity index (χ3v) is 5.42. The fourth-order valence-corrected chi connectivity index (χ4v) is 3.63. The first-order valence-corrected chi connectivity index (χ1v) is 11.9. The molecular weight excluding hydrogens is 366 g/mol. The van der Waals surface area contributed by atoms with E-state index in [4.69, 9.17) is 14.2 Å². The van der Waals surface area contributed by atoms with Gasteiger partial charge in [-0.2, -0.15) is 0 Å². The summed E-state index contributed by atoms with van der Waals surface area (Å²) in [5.41, 5.74) is -1.02. The van der Waals surface area contributed by atoms with Gasteiger partial charge in [-0.15, -0.1) is 0 Å². The second-order valence-corrected chi connectivity index (χ2v) is 10.2. The average Bonchev–Trinajstić information content (AvgIpc) is 2.61. The first-order chi connectivity index (χ1) is 13.6. The van der Waals surface area contributed by atoms with Crippen LogP contribution in [-0.2, 0) is 14.2 Å². The Labute approximate surface area is 179 Å². The number of carbonyl (C=O) groups is 1. The zero-order chi connectivity index (χ0) is 21.8. The molecule has 5 heteroatoms. The van der Waals surface area contributed by atoms with Crippen molar-refractivity contribution in [1.29, 1.82) is 0 Å². The van der Waals surface area contributed by atoms with Crippen LogP contribution in [0.15, 0.2) is 0 Å². The number of unbranched alkanes of at least 4 members (excludes halogenated alkanes) is 10. The van der Waals surface area contributed by atoms with Crippen LogP contribution in [-0.4, -0.2) is 36.2 Å². The Balaban J connectivity index is 2.31. The average molecular weight is 414 g/mol. The van der Waals surface area contributed by atoms with Crippen LogP contribution in [0.1, 0.15) is 119 Å². The fraction of sp³-hybridized carbons (Fsp3) is 0.958. The zero-order valence-corrected chi connectivity index (χ0v) is 20.0. The van der Waals surface area contributed by atoms with E-state index >= 15 is 0 Å². The number of ether oxygens (including phenoxy) is 3. The van der Waals surface area contributed by atoms with Gasteiger partial charge in [0.05, 0.1) is 18.8 Å². The van der Waals surface area contributed by atoms with Gasteiger partial charge in [-0.25, -0.2) is 4.79 Å². The van der Waals surface area contributed by atoms with Gasteiger partial charge >= 0.3 is 6.09 Å². The van der Waals surface area contributed by atoms with Gasteiger partial charge < -0.3 is 19.5 Å². The summed E-state index contributed by atoms with van der Waals surface area (Å²) in [4.78, 5) is 12.4. The highest BCUT2D eigenvalue weighted by atomic mass is 16.7. The Morgan fingerprint density at radius 1 is 0.862 bits per heavy atom. The summed E-state index contributed by atoms with van der Waals surface area (Å²) >= 11 is 0. The predicted octanol–water partition coefficient (Wildman–Crippen LogP) is 6.73. The van der Waals surface area contributed by atoms with E-state index in [9.17, 15) is 4.79 Å². The first kappa shape index (κ1) is 26.2. The van der Waals surface area contributed by atoms with Crippen molar-refractivity contribution in [3.63, 3.8) is 0 Å². The lowest BCUT2D eigenvalue weighted by molar-refractivity contribution is -0.271. The molecule has 0 aromatic heterocycles. The van der Waals surface area contributed by atoms with Crippen molar-refractivity contribution in [2.24, 2.45) is 0 Å². The van der Waals surface area contributed by atoms with Gasteiger partial charge in [0.25, 0.3) is 0 Å². The molecule has 1 N–H and O–H groups in total. The van der Waals surface area contributed by atoms with E-state index in [2.05, 4.69) is 12.2 Å². The van der Waals surface area contributed by atoms with E-state index in [1.165, 1.54) is 64.2 Å². The van der Waals surface area contributed by atoms with Gasteiger partial charge in [0.15, 0.2) is 5.79 Å². The maximum absolute atomic E-state index is 12.4. The third-order valence-electron chi connectivity index (χ3n) is 5.42. The molecule has 0 aliphatic carbocycles. The molecule has 0 atom stereocenters. The SMILES string of the molecule is CCCCCCCCCCCCCC1(NC(=O)OC(C)(C)C)COC(C)(C)OC1. The minimum Gasteiger partial charge on any atom is -0.444 e. The van der Waals surface area contributed by atoms with Crippen molar-refractivity contribution >= 4 is 6.09 Å². The zero-order valence-electron chi connectivity index (χ0n) is 20.0. The molecule has 0 unspecified atom stereocenters. The fourth-order valence-electron chi connectivity index (χ4n) is 3.63. The minimum atomic E-state index is -0.601. The normalized spacial score (nSPS) is 18.4. The molecule has 1 fully saturated rings. The van der Waals surface area contributed by atoms with Crippen LogP contribution in [0.2, 0.25) is 0 Å². The highest BCUT2D eigenvalue weighted by molar-refractivity contribution is 5.68. The molecular formula is C24H47NO4. The molecule has 1 saturated heterocycles. The third kappa shape index (κ3) is 12.5. The summed E-state index contributed by atoms with van der Waals surface area (Å²) < 4.78 is 17.2. The molecule has 1 aliphatic rings. The molecule has 1 aliphatic heterocycles. The Hall–Kier alpha value is -0.810. The largest absolute Gasteiger partial charge is 0.444 e. The number of hydrogen-bond donors (Lipinski definition) is 1. The summed E-state index contributed by atoms with van der Waals surface area (Å²) in [6.07, 6.45) is 14.8. The van der Waals surface area contributed by atoms with Crippen molar-refractivity contribution in [2.45, 2.75) is 136 Å². The van der Waals surface area contributed by atoms with Gasteiger partial charge in [-0.05, 0) is 41.0 Å². The van der Waals surface area contributed by atoms with E-state index in [0.717, 1.165) is 12.8 Å². The minimum absolute atomic E-state index is 0.396. The number of amides is 1. The number of hydrogen-bond acceptors (Lipinski definition) is 4. The molecule has 0 aromatic rings. The van der Waals surface area contributed by atoms with Gasteiger partial charge in [0.1, 0.15) is 5.60 Å². The van der Waals surface area contributed by atoms with Crippen LogP contribution in [0, 0.1) is 0 Å². The quantitative estimate of drug-likeness (QED) is 0.340. The molecule has 5 nitrogen and oxygen atoms in total. The van der Waals surface area contributed by atoms with Crippen LogP contribution >= 0.6 is 0 Å². The highest BCUT2D eigenvalue weighted by Crippen LogP contribution is 2.28. The molecule has 0 radical (unpaired) electrons. The monoisotopic (exact) mass is 413 g/mol. The Kier molecular flexibility index (Phi) is 11.6. The van der Waals surface area contributed by atoms with Crippen molar-refractivity contribution < 1.29 is 19.0 Å². The number of alkyl carbamates (subject to hydrolysis) is 1. The lowest BCUT2D eigenvalue weighted by atomic mass is 9.92. The van der Waals surface area contributed by atoms with Crippen LogP contribution in [0.3, 0.4) is 0 Å². The van der Waals surface area contributed by atoms with Crippen LogP contribution in [0.25, 0.3) is 0 Å². The van der Waals surface area contributed by atoms with Crippen molar-refractivity contribution in [3.8, 4) is 0 Å². The second-order valence-electron chi connectivity index (χ2n) is 10.2. The Bertz CT molecular complexity index is 446. The summed E-state index contributed by atoms with van der Waals surface area (Å²) in [5, 5.41) is 3.05. The van der Waals surface area contributed by atoms with Gasteiger partial charge in [-0.1, -0.05) is 77.6 Å². The molecule has 0 bridgehead atoms. The Morgan fingerprint density at radius 3 is 1.76 bits per heavy atom. The number of rotatable bonds is 13. The molecule has 0 saturated carbocycles. The molecule has 0 spiro atoms. The van der Waals surface area contributed by atoms with E-state index in [-0.39, 0.29) is 0 Å². The van der Waals surface area contributed by atoms with Gasteiger partial charge in [0, 0.05) is 0 Å². The lowest BCUT2D eigenvalue weighted by Crippen LogP contribution is -2.61. The maximum Gasteiger partial charge on any atom is 0.408 e. The summed E-state index contributed by atoms with van der Waals surface area (Å²) in [6, 6.07) is 0. The van der Waals surface area contributed by atoms with Crippen LogP contribution in [0.5, 0.6) is 0 Å². The summed E-state index contributed by atoms with van der Waals surface area (Å²) in [6.45, 7) is 12.6. The standard InChI is InChI=1S/C24H47NO4/c1-7-8-9-10-11-12-13-14-15-16-17-18-24(19-27-23(5,6)28-20-24)25-21(26)29-22(2,3)4/h7-20H2,1-6H3,(H,25,26). The van der Waals surface area contributed by atoms with Gasteiger partial charge in [-0.3, -0.25) is 0 Å². The van der Waals surface area contributed by atoms with E-state index < -0.39 is 23.0 Å². The molecule has 1 heterocycles. The number of nitrogens with one attached hydrogen (secondary N) is 1. The highest BCUT2D eigenvalue weighted by Gasteiger charge is 2.41. The maximum atomic E-state index is 12.4. The number of carbonyl (C=O) groups excluding carboxylic acids is 1. The van der Waals surface area contributed by atoms with E-state index in [1.54, 1.807) is 0 Å². The smallest absolute Gasteiger partial charge is 0.408 e. The topological polar surface area (TPSA) is 56.8 Å². The summed E-state index contributed by atoms with van der Waals surface area (Å²) in [5.74, 6) is -0.601. The molecule has 1 rings (SSSR count). The molecule has 172 valence electrons. The second kappa shape index (κ2) is 12.8. The van der Waals surface area contributed by atoms with Crippen LogP contribution < -0.4 is 5.32 Å². The lowest BCUT2D eigenvalue weighted by Gasteiger charge is -2.44. The Morgan fingerprint density at radius 2 is 1.31 bits per heavy atom. The first-order valence-electron chi connectivity index (χ1n) is 11.9. The van der Waals surface area contributed by atoms with Crippen molar-refractivity contribution in [3.05, 3.63) is 0 Å². The van der Waals surface area contributed by atoms with Crippen LogP contribution in [0.4, 0.5) is 4.79 Å². The molecule has 29 heavy (non-hydrogen) atoms. The van der Waals surface area contributed by atoms with Gasteiger partial charge in [0.2, 0.25) is 0 Å². The van der Waals surface area contributed by atoms with E-state index in [0.29, 0.717) is 13.2 Å². The van der Waals surface area contributed by atoms with E-state index in [1.807, 2.05) is 34.6 Å². The molecule has 0 aromatic carbocycles. The van der Waals surface area contributed by atoms with Crippen molar-refractivity contribution in [2.75, 3.05) is 13.2 Å². The van der Waals surface area contributed by atoms with Crippen molar-refractivity contribution in [1.82, 2.24) is 5.32 Å². The summed E-state index contributed by atoms with van der Waals surface area (Å²) in [7, 11) is 0. The predicted molar refractivity (Wildman–Crippen MR) is 119 cm³/mol.